The van der Waals surface area contributed by atoms with Gasteiger partial charge in [-0.05, 0) is 99.8 Å². The van der Waals surface area contributed by atoms with Crippen molar-refractivity contribution in [3.8, 4) is 5.75 Å². The highest BCUT2D eigenvalue weighted by Crippen LogP contribution is 2.33. The van der Waals surface area contributed by atoms with Gasteiger partial charge in [-0.25, -0.2) is 9.37 Å². The average molecular weight is 674 g/mol. The molecule has 156 valence electrons. The number of thiazole rings is 1. The molecular weight excluding hydrogens is 661 g/mol. The number of fused-ring (bicyclic) bond motifs is 1. The fourth-order valence-corrected chi connectivity index (χ4v) is 6.59. The molecule has 0 saturated heterocycles. The van der Waals surface area contributed by atoms with Crippen molar-refractivity contribution in [2.24, 2.45) is 4.99 Å². The van der Waals surface area contributed by atoms with Gasteiger partial charge >= 0.3 is 0 Å². The molecule has 4 nitrogen and oxygen atoms in total. The van der Waals surface area contributed by atoms with Gasteiger partial charge in [-0.15, -0.1) is 11.3 Å². The predicted octanol–water partition coefficient (Wildman–Crippen LogP) is 7.08. The topological polar surface area (TPSA) is 62.5 Å². The van der Waals surface area contributed by atoms with E-state index in [2.05, 4.69) is 55.2 Å². The van der Waals surface area contributed by atoms with Gasteiger partial charge in [-0.1, -0.05) is 11.8 Å². The van der Waals surface area contributed by atoms with E-state index in [0.717, 1.165) is 27.4 Å². The summed E-state index contributed by atoms with van der Waals surface area (Å²) in [6, 6.07) is 15.0. The van der Waals surface area contributed by atoms with Gasteiger partial charge in [-0.3, -0.25) is 9.79 Å². The highest BCUT2D eigenvalue weighted by Gasteiger charge is 2.11. The molecule has 1 aromatic heterocycles. The average Bonchev–Trinajstić information content (AvgIpc) is 3.16. The second-order valence-electron chi connectivity index (χ2n) is 6.43. The number of halogens is 3. The Hall–Kier alpha value is -1.57. The Balaban J connectivity index is 1.48. The zero-order valence-electron chi connectivity index (χ0n) is 15.7. The lowest BCUT2D eigenvalue weighted by Crippen LogP contribution is -2.01. The van der Waals surface area contributed by atoms with Crippen molar-refractivity contribution in [2.45, 2.75) is 4.34 Å². The minimum atomic E-state index is -0.360. The summed E-state index contributed by atoms with van der Waals surface area (Å²) in [5.74, 6) is 0.0245. The standard InChI is InChI=1S/C22H13FI2N2O2S2/c23-14-3-1-12(2-4-14)19(28)11-30-22-27-18-6-5-16(9-20(18)31-22)26-10-13-7-15(24)8-17(25)21(13)29/h1-10,29H,11H2. The van der Waals surface area contributed by atoms with Crippen molar-refractivity contribution in [3.63, 3.8) is 0 Å². The minimum Gasteiger partial charge on any atom is -0.506 e. The second-order valence-corrected chi connectivity index (χ2v) is 11.1. The van der Waals surface area contributed by atoms with E-state index in [0.29, 0.717) is 11.1 Å². The van der Waals surface area contributed by atoms with Crippen LogP contribution in [0.3, 0.4) is 0 Å². The van der Waals surface area contributed by atoms with Gasteiger partial charge in [-0.2, -0.15) is 0 Å². The number of rotatable bonds is 6. The number of nitrogens with zero attached hydrogens (tertiary/aromatic N) is 2. The van der Waals surface area contributed by atoms with E-state index >= 15 is 0 Å². The van der Waals surface area contributed by atoms with Crippen molar-refractivity contribution in [1.82, 2.24) is 4.98 Å². The van der Waals surface area contributed by atoms with E-state index in [1.165, 1.54) is 47.4 Å². The first kappa shape index (κ1) is 22.6. The molecule has 0 aliphatic rings. The fourth-order valence-electron chi connectivity index (χ4n) is 2.71. The fraction of sp³-hybridized carbons (Fsp3) is 0.0455. The molecule has 0 atom stereocenters. The lowest BCUT2D eigenvalue weighted by Gasteiger charge is -2.02. The molecule has 0 amide bonds. The quantitative estimate of drug-likeness (QED) is 0.103. The Bertz CT molecular complexity index is 1310. The molecule has 0 bridgehead atoms. The molecule has 0 saturated carbocycles. The van der Waals surface area contributed by atoms with Crippen molar-refractivity contribution in [1.29, 1.82) is 0 Å². The zero-order chi connectivity index (χ0) is 22.0. The number of benzene rings is 3. The van der Waals surface area contributed by atoms with Crippen molar-refractivity contribution < 1.29 is 14.3 Å². The summed E-state index contributed by atoms with van der Waals surface area (Å²) in [5, 5.41) is 10.2. The third-order valence-corrected chi connectivity index (χ3v) is 7.86. The van der Waals surface area contributed by atoms with Gasteiger partial charge in [0.15, 0.2) is 10.1 Å². The number of aromatic hydroxyl groups is 1. The van der Waals surface area contributed by atoms with E-state index in [1.807, 2.05) is 30.3 Å². The Morgan fingerprint density at radius 3 is 2.71 bits per heavy atom. The van der Waals surface area contributed by atoms with Crippen LogP contribution in [0.2, 0.25) is 0 Å². The van der Waals surface area contributed by atoms with E-state index in [9.17, 15) is 14.3 Å². The van der Waals surface area contributed by atoms with E-state index in [-0.39, 0.29) is 23.1 Å². The molecule has 1 heterocycles. The molecule has 9 heteroatoms. The van der Waals surface area contributed by atoms with Crippen LogP contribution in [0, 0.1) is 13.0 Å². The van der Waals surface area contributed by atoms with Crippen LogP contribution in [0.4, 0.5) is 10.1 Å². The van der Waals surface area contributed by atoms with Crippen LogP contribution in [0.25, 0.3) is 10.2 Å². The largest absolute Gasteiger partial charge is 0.506 e. The van der Waals surface area contributed by atoms with Crippen molar-refractivity contribution in [2.75, 3.05) is 5.75 Å². The Labute approximate surface area is 213 Å². The lowest BCUT2D eigenvalue weighted by atomic mass is 10.1. The maximum absolute atomic E-state index is 13.0. The van der Waals surface area contributed by atoms with E-state index in [4.69, 9.17) is 0 Å². The summed E-state index contributed by atoms with van der Waals surface area (Å²) in [5.41, 5.74) is 2.74. The molecule has 4 aromatic rings. The van der Waals surface area contributed by atoms with Crippen molar-refractivity contribution in [3.05, 3.63) is 78.7 Å². The van der Waals surface area contributed by atoms with Crippen LogP contribution in [-0.4, -0.2) is 27.8 Å². The highest BCUT2D eigenvalue weighted by molar-refractivity contribution is 14.1. The Kier molecular flexibility index (Phi) is 7.24. The third-order valence-electron chi connectivity index (χ3n) is 4.26. The number of aliphatic imine (C=N–C) groups is 1. The molecule has 0 unspecified atom stereocenters. The molecule has 4 rings (SSSR count). The normalized spacial score (nSPS) is 11.5. The van der Waals surface area contributed by atoms with Crippen molar-refractivity contribution >= 4 is 96.2 Å². The summed E-state index contributed by atoms with van der Waals surface area (Å²) >= 11 is 7.16. The Morgan fingerprint density at radius 2 is 1.94 bits per heavy atom. The number of hydrogen-bond acceptors (Lipinski definition) is 6. The van der Waals surface area contributed by atoms with Crippen LogP contribution in [-0.2, 0) is 0 Å². The summed E-state index contributed by atoms with van der Waals surface area (Å²) in [4.78, 5) is 21.3. The smallest absolute Gasteiger partial charge is 0.173 e. The van der Waals surface area contributed by atoms with Crippen LogP contribution in [0.5, 0.6) is 5.75 Å². The van der Waals surface area contributed by atoms with Gasteiger partial charge in [0.25, 0.3) is 0 Å². The molecule has 0 spiro atoms. The number of phenolic OH excluding ortho intramolecular Hbond substituents is 1. The number of phenols is 1. The number of carbonyl (C=O) groups is 1. The van der Waals surface area contributed by atoms with Gasteiger partial charge < -0.3 is 5.11 Å². The number of hydrogen-bond donors (Lipinski definition) is 1. The summed E-state index contributed by atoms with van der Waals surface area (Å²) in [7, 11) is 0. The first-order valence-electron chi connectivity index (χ1n) is 8.93. The number of thioether (sulfide) groups is 1. The van der Waals surface area contributed by atoms with Gasteiger partial charge in [0.1, 0.15) is 11.6 Å². The molecule has 0 aliphatic heterocycles. The van der Waals surface area contributed by atoms with E-state index in [1.54, 1.807) is 6.21 Å². The van der Waals surface area contributed by atoms with Crippen LogP contribution >= 0.6 is 68.3 Å². The van der Waals surface area contributed by atoms with Crippen LogP contribution < -0.4 is 0 Å². The number of carbonyl (C=O) groups excluding carboxylic acids is 1. The monoisotopic (exact) mass is 674 g/mol. The summed E-state index contributed by atoms with van der Waals surface area (Å²) < 4.78 is 16.6. The number of ketones is 1. The molecule has 0 radical (unpaired) electrons. The number of aromatic nitrogens is 1. The molecule has 31 heavy (non-hydrogen) atoms. The Morgan fingerprint density at radius 1 is 1.16 bits per heavy atom. The van der Waals surface area contributed by atoms with Gasteiger partial charge in [0, 0.05) is 20.9 Å². The minimum absolute atomic E-state index is 0.0681. The highest BCUT2D eigenvalue weighted by atomic mass is 127. The second kappa shape index (κ2) is 9.92. The first-order chi connectivity index (χ1) is 14.9. The molecule has 1 N–H and O–H groups in total. The summed E-state index contributed by atoms with van der Waals surface area (Å²) in [6.45, 7) is 0. The SMILES string of the molecule is O=C(CSc1nc2ccc(N=Cc3cc(I)cc(I)c3O)cc2s1)c1ccc(F)cc1. The third kappa shape index (κ3) is 5.62. The maximum Gasteiger partial charge on any atom is 0.173 e. The van der Waals surface area contributed by atoms with Gasteiger partial charge in [0.2, 0.25) is 0 Å². The molecule has 0 fully saturated rings. The van der Waals surface area contributed by atoms with E-state index < -0.39 is 0 Å². The first-order valence-corrected chi connectivity index (χ1v) is 12.9. The summed E-state index contributed by atoms with van der Waals surface area (Å²) in [6.07, 6.45) is 1.65. The predicted molar refractivity (Wildman–Crippen MR) is 142 cm³/mol. The van der Waals surface area contributed by atoms with Crippen LogP contribution in [0.1, 0.15) is 15.9 Å². The van der Waals surface area contributed by atoms with Gasteiger partial charge in [0.05, 0.1) is 25.2 Å². The maximum atomic E-state index is 13.0. The number of Topliss-reactive ketones (excluding diaryl/α,β-unsaturated/α-hetero) is 1. The lowest BCUT2D eigenvalue weighted by molar-refractivity contribution is 0.102. The zero-order valence-corrected chi connectivity index (χ0v) is 21.6. The van der Waals surface area contributed by atoms with Crippen LogP contribution in [0.15, 0.2) is 63.9 Å². The molecular formula is C22H13FI2N2O2S2. The molecule has 0 aliphatic carbocycles. The molecule has 3 aromatic carbocycles.